The number of amides is 2. The number of benzene rings is 2. The molecule has 0 bridgehead atoms. The molecule has 0 radical (unpaired) electrons. The molecule has 36 heavy (non-hydrogen) atoms. The molecule has 12 heteroatoms. The van der Waals surface area contributed by atoms with Crippen LogP contribution < -0.4 is 25.8 Å². The van der Waals surface area contributed by atoms with E-state index in [0.29, 0.717) is 56.8 Å². The van der Waals surface area contributed by atoms with Crippen LogP contribution in [0.25, 0.3) is 0 Å². The first kappa shape index (κ1) is 28.0. The molecule has 1 aliphatic rings. The number of likely N-dealkylation sites (tertiary alicyclic amines) is 1. The highest BCUT2D eigenvalue weighted by atomic mass is 35.5. The molecular formula is C24H29Cl3N4O5. The second-order valence-corrected chi connectivity index (χ2v) is 9.78. The fraction of sp³-hybridized carbons (Fsp3) is 0.417. The zero-order valence-corrected chi connectivity index (χ0v) is 22.0. The number of nitrogen functional groups attached to an aromatic ring is 1. The maximum Gasteiger partial charge on any atom is 0.405 e. The summed E-state index contributed by atoms with van der Waals surface area (Å²) in [5, 5.41) is 15.8. The van der Waals surface area contributed by atoms with E-state index in [1.807, 2.05) is 0 Å². The van der Waals surface area contributed by atoms with Gasteiger partial charge in [0.2, 0.25) is 0 Å². The van der Waals surface area contributed by atoms with Crippen LogP contribution in [0.2, 0.25) is 15.1 Å². The summed E-state index contributed by atoms with van der Waals surface area (Å²) in [7, 11) is 1.47. The number of anilines is 1. The maximum atomic E-state index is 12.7. The van der Waals surface area contributed by atoms with E-state index >= 15 is 0 Å². The second-order valence-electron chi connectivity index (χ2n) is 8.56. The number of methoxy groups -OCH3 is 1. The second kappa shape index (κ2) is 13.1. The summed E-state index contributed by atoms with van der Waals surface area (Å²) in [4.78, 5) is 26.1. The summed E-state index contributed by atoms with van der Waals surface area (Å²) < 4.78 is 11.0. The minimum atomic E-state index is -1.12. The molecule has 2 amide bonds. The van der Waals surface area contributed by atoms with E-state index in [4.69, 9.17) is 50.0 Å². The summed E-state index contributed by atoms with van der Waals surface area (Å²) in [5.41, 5.74) is 6.46. The first-order valence-corrected chi connectivity index (χ1v) is 12.5. The van der Waals surface area contributed by atoms with Crippen molar-refractivity contribution in [2.45, 2.75) is 18.9 Å². The van der Waals surface area contributed by atoms with E-state index in [-0.39, 0.29) is 12.5 Å². The van der Waals surface area contributed by atoms with E-state index < -0.39 is 12.1 Å². The fourth-order valence-corrected chi connectivity index (χ4v) is 4.46. The molecule has 0 aromatic heterocycles. The van der Waals surface area contributed by atoms with Crippen LogP contribution in [0.1, 0.15) is 23.2 Å². The van der Waals surface area contributed by atoms with Gasteiger partial charge in [0.1, 0.15) is 18.1 Å². The van der Waals surface area contributed by atoms with Crippen molar-refractivity contribution in [1.29, 1.82) is 0 Å². The highest BCUT2D eigenvalue weighted by Crippen LogP contribution is 2.29. The highest BCUT2D eigenvalue weighted by molar-refractivity contribution is 6.42. The third-order valence-corrected chi connectivity index (χ3v) is 7.04. The van der Waals surface area contributed by atoms with E-state index in [9.17, 15) is 14.7 Å². The molecule has 3 rings (SSSR count). The summed E-state index contributed by atoms with van der Waals surface area (Å²) in [6.45, 7) is 2.68. The number of hydrogen-bond donors (Lipinski definition) is 4. The summed E-state index contributed by atoms with van der Waals surface area (Å²) in [5.74, 6) is 0.888. The number of carboxylic acid groups (broad SMARTS) is 1. The Hall–Kier alpha value is -2.59. The van der Waals surface area contributed by atoms with Crippen molar-refractivity contribution in [2.24, 2.45) is 5.92 Å². The number of rotatable bonds is 10. The Morgan fingerprint density at radius 3 is 2.50 bits per heavy atom. The van der Waals surface area contributed by atoms with Gasteiger partial charge in [0, 0.05) is 25.2 Å². The van der Waals surface area contributed by atoms with Crippen molar-refractivity contribution in [1.82, 2.24) is 15.5 Å². The third-order valence-electron chi connectivity index (χ3n) is 5.97. The Balaban J connectivity index is 1.47. The van der Waals surface area contributed by atoms with Gasteiger partial charge in [-0.2, -0.15) is 0 Å². The topological polar surface area (TPSA) is 126 Å². The van der Waals surface area contributed by atoms with Gasteiger partial charge in [0.25, 0.3) is 5.91 Å². The molecular weight excluding hydrogens is 531 g/mol. The lowest BCUT2D eigenvalue weighted by Crippen LogP contribution is -2.49. The standard InChI is InChI=1S/C24H29Cl3N4O5/c1-35-22-10-21(28)20(27)9-17(22)23(32)29-11-14-4-6-31(7-5-14)12-15(30-24(33)34)13-36-16-2-3-18(25)19(26)8-16/h2-3,8-10,14-15,30H,4-7,11-13,28H2,1H3,(H,29,32)(H,33,34). The Morgan fingerprint density at radius 1 is 1.14 bits per heavy atom. The van der Waals surface area contributed by atoms with E-state index in [1.165, 1.54) is 19.2 Å². The highest BCUT2D eigenvalue weighted by Gasteiger charge is 2.24. The molecule has 0 aliphatic carbocycles. The lowest BCUT2D eigenvalue weighted by Gasteiger charge is -2.34. The number of halogens is 3. The van der Waals surface area contributed by atoms with Gasteiger partial charge in [-0.1, -0.05) is 34.8 Å². The van der Waals surface area contributed by atoms with Crippen LogP contribution in [0.3, 0.4) is 0 Å². The molecule has 2 aromatic rings. The van der Waals surface area contributed by atoms with Gasteiger partial charge >= 0.3 is 6.09 Å². The first-order chi connectivity index (χ1) is 17.2. The fourth-order valence-electron chi connectivity index (χ4n) is 4.01. The number of nitrogens with zero attached hydrogens (tertiary/aromatic N) is 1. The molecule has 0 spiro atoms. The number of nitrogens with two attached hydrogens (primary N) is 1. The molecule has 5 N–H and O–H groups in total. The average molecular weight is 560 g/mol. The van der Waals surface area contributed by atoms with E-state index in [1.54, 1.807) is 18.2 Å². The van der Waals surface area contributed by atoms with Crippen LogP contribution in [0.15, 0.2) is 30.3 Å². The minimum Gasteiger partial charge on any atom is -0.496 e. The Morgan fingerprint density at radius 2 is 1.86 bits per heavy atom. The lowest BCUT2D eigenvalue weighted by atomic mass is 9.96. The largest absolute Gasteiger partial charge is 0.496 e. The monoisotopic (exact) mass is 558 g/mol. The molecule has 1 atom stereocenters. The number of carbonyl (C=O) groups excluding carboxylic acids is 1. The Bertz CT molecular complexity index is 1080. The Labute approximate surface area is 224 Å². The molecule has 2 aromatic carbocycles. The van der Waals surface area contributed by atoms with E-state index in [0.717, 1.165) is 25.9 Å². The van der Waals surface area contributed by atoms with Crippen molar-refractivity contribution >= 4 is 52.5 Å². The molecule has 1 aliphatic heterocycles. The van der Waals surface area contributed by atoms with Gasteiger partial charge in [-0.05, 0) is 50.0 Å². The number of hydrogen-bond acceptors (Lipinski definition) is 6. The van der Waals surface area contributed by atoms with Gasteiger partial charge in [0.15, 0.2) is 0 Å². The normalized spacial score (nSPS) is 15.2. The number of piperidine rings is 1. The van der Waals surface area contributed by atoms with Crippen molar-refractivity contribution < 1.29 is 24.2 Å². The molecule has 0 saturated carbocycles. The quantitative estimate of drug-likeness (QED) is 0.318. The molecule has 1 saturated heterocycles. The maximum absolute atomic E-state index is 12.7. The van der Waals surface area contributed by atoms with Gasteiger partial charge in [0.05, 0.1) is 39.5 Å². The number of ether oxygens (including phenoxy) is 2. The summed E-state index contributed by atoms with van der Waals surface area (Å²) >= 11 is 18.0. The number of nitrogens with one attached hydrogen (secondary N) is 2. The average Bonchev–Trinajstić information content (AvgIpc) is 2.85. The first-order valence-electron chi connectivity index (χ1n) is 11.4. The predicted molar refractivity (Wildman–Crippen MR) is 141 cm³/mol. The predicted octanol–water partition coefficient (Wildman–Crippen LogP) is 4.39. The third kappa shape index (κ3) is 7.96. The Kier molecular flexibility index (Phi) is 10.2. The lowest BCUT2D eigenvalue weighted by molar-refractivity contribution is 0.0929. The smallest absolute Gasteiger partial charge is 0.405 e. The van der Waals surface area contributed by atoms with Crippen LogP contribution in [0.5, 0.6) is 11.5 Å². The van der Waals surface area contributed by atoms with Crippen molar-refractivity contribution in [3.63, 3.8) is 0 Å². The van der Waals surface area contributed by atoms with Crippen LogP contribution >= 0.6 is 34.8 Å². The van der Waals surface area contributed by atoms with Crippen LogP contribution in [0.4, 0.5) is 10.5 Å². The minimum absolute atomic E-state index is 0.145. The van der Waals surface area contributed by atoms with Gasteiger partial charge in [-0.3, -0.25) is 4.79 Å². The summed E-state index contributed by atoms with van der Waals surface area (Å²) in [6, 6.07) is 7.50. The zero-order valence-electron chi connectivity index (χ0n) is 19.7. The molecule has 1 fully saturated rings. The SMILES string of the molecule is COc1cc(N)c(Cl)cc1C(=O)NCC1CCN(CC(COc2ccc(Cl)c(Cl)c2)NC(=O)O)CC1. The molecule has 1 unspecified atom stereocenters. The zero-order chi connectivity index (χ0) is 26.2. The van der Waals surface area contributed by atoms with Crippen LogP contribution in [0, 0.1) is 5.92 Å². The van der Waals surface area contributed by atoms with Crippen molar-refractivity contribution in [3.8, 4) is 11.5 Å². The van der Waals surface area contributed by atoms with E-state index in [2.05, 4.69) is 15.5 Å². The molecule has 196 valence electrons. The van der Waals surface area contributed by atoms with Gasteiger partial charge in [-0.25, -0.2) is 4.79 Å². The van der Waals surface area contributed by atoms with Gasteiger partial charge < -0.3 is 35.8 Å². The van der Waals surface area contributed by atoms with Crippen LogP contribution in [-0.4, -0.2) is 67.9 Å². The molecule has 1 heterocycles. The van der Waals surface area contributed by atoms with Crippen molar-refractivity contribution in [2.75, 3.05) is 45.6 Å². The van der Waals surface area contributed by atoms with Crippen molar-refractivity contribution in [3.05, 3.63) is 51.0 Å². The van der Waals surface area contributed by atoms with Crippen LogP contribution in [-0.2, 0) is 0 Å². The van der Waals surface area contributed by atoms with Gasteiger partial charge in [-0.15, -0.1) is 0 Å². The summed E-state index contributed by atoms with van der Waals surface area (Å²) in [6.07, 6.45) is 0.592. The molecule has 9 nitrogen and oxygen atoms in total. The number of carbonyl (C=O) groups is 2.